The monoisotopic (exact) mass is 314 g/mol. The van der Waals surface area contributed by atoms with E-state index < -0.39 is 0 Å². The molecule has 0 N–H and O–H groups in total. The van der Waals surface area contributed by atoms with Gasteiger partial charge in [-0.15, -0.1) is 0 Å². The van der Waals surface area contributed by atoms with Gasteiger partial charge in [0.05, 0.1) is 2.49 Å². The van der Waals surface area contributed by atoms with Gasteiger partial charge >= 0.3 is 0 Å². The molecule has 0 amide bonds. The van der Waals surface area contributed by atoms with Crippen LogP contribution in [-0.4, -0.2) is 5.78 Å². The largest absolute Gasteiger partial charge is 0.294 e. The molecule has 56 valence electrons. The zero-order chi connectivity index (χ0) is 7.56. The molecule has 1 rings (SSSR count). The molecule has 0 aliphatic heterocycles. The van der Waals surface area contributed by atoms with E-state index in [1.807, 2.05) is 0 Å². The Balaban J connectivity index is 2.75. The summed E-state index contributed by atoms with van der Waals surface area (Å²) < 4.78 is 0.995. The number of carbonyl (C=O) groups is 1. The second kappa shape index (κ2) is 3.85. The van der Waals surface area contributed by atoms with Crippen LogP contribution in [0.2, 0.25) is 0 Å². The van der Waals surface area contributed by atoms with Crippen molar-refractivity contribution >= 4 is 44.3 Å². The topological polar surface area (TPSA) is 17.1 Å². The minimum Gasteiger partial charge on any atom is -0.294 e. The third-order valence-electron chi connectivity index (χ3n) is 1.65. The minimum atomic E-state index is 0.326. The van der Waals surface area contributed by atoms with Gasteiger partial charge in [-0.3, -0.25) is 4.79 Å². The van der Waals surface area contributed by atoms with Gasteiger partial charge in [0, 0.05) is 12.0 Å². The first-order valence-electron chi connectivity index (χ1n) is 3.29. The van der Waals surface area contributed by atoms with Crippen LogP contribution < -0.4 is 0 Å². The highest BCUT2D eigenvalue weighted by Crippen LogP contribution is 2.29. The maximum atomic E-state index is 11.1. The molecule has 0 aromatic carbocycles. The summed E-state index contributed by atoms with van der Waals surface area (Å²) in [5.41, 5.74) is 0.992. The van der Waals surface area contributed by atoms with E-state index in [2.05, 4.69) is 38.5 Å². The van der Waals surface area contributed by atoms with Crippen LogP contribution in [0, 0.1) is 0 Å². The number of halogens is 2. The molecule has 1 saturated carbocycles. The van der Waals surface area contributed by atoms with E-state index in [1.54, 1.807) is 0 Å². The molecule has 0 bridgehead atoms. The van der Waals surface area contributed by atoms with Crippen LogP contribution in [0.4, 0.5) is 0 Å². The van der Waals surface area contributed by atoms with Crippen LogP contribution in [-0.2, 0) is 4.79 Å². The van der Waals surface area contributed by atoms with E-state index in [9.17, 15) is 4.79 Å². The van der Waals surface area contributed by atoms with Gasteiger partial charge in [-0.2, -0.15) is 0 Å². The highest BCUT2D eigenvalue weighted by molar-refractivity contribution is 14.1. The Labute approximate surface area is 82.5 Å². The molecule has 0 aromatic rings. The van der Waals surface area contributed by atoms with Gasteiger partial charge in [-0.1, -0.05) is 0 Å². The molecule has 1 fully saturated rings. The Morgan fingerprint density at radius 1 is 1.40 bits per heavy atom. The molecule has 0 unspecified atom stereocenters. The molecule has 0 heterocycles. The fourth-order valence-electron chi connectivity index (χ4n) is 1.08. The van der Waals surface area contributed by atoms with Gasteiger partial charge in [0.1, 0.15) is 0 Å². The van der Waals surface area contributed by atoms with Crippen molar-refractivity contribution in [3.63, 3.8) is 0 Å². The van der Waals surface area contributed by atoms with Crippen molar-refractivity contribution in [2.75, 3.05) is 0 Å². The van der Waals surface area contributed by atoms with Crippen LogP contribution in [0.1, 0.15) is 25.7 Å². The summed E-state index contributed by atoms with van der Waals surface area (Å²) in [6, 6.07) is 0. The first-order valence-corrected chi connectivity index (χ1v) is 5.16. The van der Waals surface area contributed by atoms with Crippen LogP contribution in [0.5, 0.6) is 0 Å². The number of Topliss-reactive ketones (excluding diaryl/α,β-unsaturated/α-hetero) is 1. The Bertz CT molecular complexity index is 182. The summed E-state index contributed by atoms with van der Waals surface area (Å²) >= 11 is 5.47. The Morgan fingerprint density at radius 3 is 2.40 bits per heavy atom. The van der Waals surface area contributed by atoms with Crippen molar-refractivity contribution in [3.8, 4) is 0 Å². The fourth-order valence-corrected chi connectivity index (χ4v) is 2.07. The molecular formula is C7H8BrIO. The van der Waals surface area contributed by atoms with E-state index in [0.29, 0.717) is 5.78 Å². The van der Waals surface area contributed by atoms with Crippen molar-refractivity contribution < 1.29 is 4.79 Å². The molecule has 0 saturated heterocycles. The fraction of sp³-hybridized carbons (Fsp3) is 0.571. The Hall–Kier alpha value is 0.620. The molecule has 1 aliphatic carbocycles. The smallest absolute Gasteiger partial charge is 0.160 e. The lowest BCUT2D eigenvalue weighted by molar-refractivity contribution is -0.116. The second-order valence-electron chi connectivity index (χ2n) is 2.37. The van der Waals surface area contributed by atoms with Gasteiger partial charge in [-0.25, -0.2) is 0 Å². The maximum Gasteiger partial charge on any atom is 0.160 e. The van der Waals surface area contributed by atoms with Crippen LogP contribution in [0.15, 0.2) is 8.06 Å². The first-order chi connectivity index (χ1) is 4.72. The average molecular weight is 315 g/mol. The molecule has 10 heavy (non-hydrogen) atoms. The molecule has 0 radical (unpaired) electrons. The van der Waals surface area contributed by atoms with Gasteiger partial charge in [0.25, 0.3) is 0 Å². The third kappa shape index (κ3) is 2.05. The van der Waals surface area contributed by atoms with Crippen molar-refractivity contribution in [2.24, 2.45) is 0 Å². The zero-order valence-electron chi connectivity index (χ0n) is 5.49. The summed E-state index contributed by atoms with van der Waals surface area (Å²) in [5.74, 6) is 0.326. The molecule has 1 nitrogen and oxygen atoms in total. The normalized spacial score (nSPS) is 24.8. The maximum absolute atomic E-state index is 11.1. The SMILES string of the molecule is O=C1CCCC/C1=C(\Br)I. The lowest BCUT2D eigenvalue weighted by Gasteiger charge is -2.11. The van der Waals surface area contributed by atoms with E-state index >= 15 is 0 Å². The third-order valence-corrected chi connectivity index (χ3v) is 2.78. The molecule has 0 aromatic heterocycles. The first kappa shape index (κ1) is 8.71. The van der Waals surface area contributed by atoms with E-state index in [0.717, 1.165) is 27.3 Å². The quantitative estimate of drug-likeness (QED) is 0.496. The van der Waals surface area contributed by atoms with Crippen molar-refractivity contribution in [2.45, 2.75) is 25.7 Å². The zero-order valence-corrected chi connectivity index (χ0v) is 9.24. The average Bonchev–Trinajstić information content (AvgIpc) is 1.88. The second-order valence-corrected chi connectivity index (χ2v) is 5.72. The summed E-state index contributed by atoms with van der Waals surface area (Å²) in [6.07, 6.45) is 3.94. The highest BCUT2D eigenvalue weighted by atomic mass is 127. The van der Waals surface area contributed by atoms with Gasteiger partial charge < -0.3 is 0 Å². The standard InChI is InChI=1S/C7H8BrIO/c8-7(9)5-3-1-2-4-6(5)10/h1-4H2/b7-5-. The van der Waals surface area contributed by atoms with Gasteiger partial charge in [0.15, 0.2) is 5.78 Å². The Morgan fingerprint density at radius 2 is 2.00 bits per heavy atom. The number of rotatable bonds is 0. The molecule has 3 heteroatoms. The van der Waals surface area contributed by atoms with Crippen molar-refractivity contribution in [3.05, 3.63) is 8.06 Å². The number of carbonyl (C=O) groups excluding carboxylic acids is 1. The highest BCUT2D eigenvalue weighted by Gasteiger charge is 2.16. The Kier molecular flexibility index (Phi) is 3.36. The summed E-state index contributed by atoms with van der Waals surface area (Å²) in [5, 5.41) is 0. The minimum absolute atomic E-state index is 0.326. The van der Waals surface area contributed by atoms with Crippen LogP contribution >= 0.6 is 38.5 Å². The number of hydrogen-bond donors (Lipinski definition) is 0. The molecule has 0 spiro atoms. The van der Waals surface area contributed by atoms with Crippen molar-refractivity contribution in [1.29, 1.82) is 0 Å². The molecule has 1 aliphatic rings. The van der Waals surface area contributed by atoms with Crippen LogP contribution in [0.25, 0.3) is 0 Å². The number of allylic oxidation sites excluding steroid dienone is 1. The predicted octanol–water partition coefficient (Wildman–Crippen LogP) is 3.17. The lowest BCUT2D eigenvalue weighted by Crippen LogP contribution is -2.08. The summed E-state index contributed by atoms with van der Waals surface area (Å²) in [6.45, 7) is 0. The summed E-state index contributed by atoms with van der Waals surface area (Å²) in [7, 11) is 0. The molecular weight excluding hydrogens is 307 g/mol. The molecule has 0 atom stereocenters. The van der Waals surface area contributed by atoms with E-state index in [-0.39, 0.29) is 0 Å². The predicted molar refractivity (Wildman–Crippen MR) is 53.4 cm³/mol. The number of ketones is 1. The van der Waals surface area contributed by atoms with E-state index in [4.69, 9.17) is 0 Å². The summed E-state index contributed by atoms with van der Waals surface area (Å²) in [4.78, 5) is 11.1. The van der Waals surface area contributed by atoms with Crippen LogP contribution in [0.3, 0.4) is 0 Å². The van der Waals surface area contributed by atoms with E-state index in [1.165, 1.54) is 6.42 Å². The number of hydrogen-bond acceptors (Lipinski definition) is 1. The lowest BCUT2D eigenvalue weighted by atomic mass is 9.95. The van der Waals surface area contributed by atoms with Crippen molar-refractivity contribution in [1.82, 2.24) is 0 Å². The van der Waals surface area contributed by atoms with Gasteiger partial charge in [-0.05, 0) is 57.8 Å². The van der Waals surface area contributed by atoms with Gasteiger partial charge in [0.2, 0.25) is 0 Å².